The van der Waals surface area contributed by atoms with E-state index in [-0.39, 0.29) is 33.3 Å². The minimum absolute atomic E-state index is 0.0210. The maximum Gasteiger partial charge on any atom is 0.342 e. The van der Waals surface area contributed by atoms with Crippen LogP contribution in [0.1, 0.15) is 27.0 Å². The van der Waals surface area contributed by atoms with E-state index in [1.54, 1.807) is 57.2 Å². The van der Waals surface area contributed by atoms with Crippen LogP contribution in [-0.2, 0) is 9.53 Å². The monoisotopic (exact) mass is 486 g/mol. The van der Waals surface area contributed by atoms with E-state index in [4.69, 9.17) is 9.15 Å². The number of esters is 1. The second-order valence-corrected chi connectivity index (χ2v) is 8.22. The zero-order valence-corrected chi connectivity index (χ0v) is 19.8. The van der Waals surface area contributed by atoms with Crippen molar-refractivity contribution in [2.45, 2.75) is 20.8 Å². The third-order valence-electron chi connectivity index (χ3n) is 5.91. The molecule has 0 atom stereocenters. The summed E-state index contributed by atoms with van der Waals surface area (Å²) < 4.78 is 11.2. The zero-order chi connectivity index (χ0) is 26.0. The Hall–Kier alpha value is -4.79. The van der Waals surface area contributed by atoms with Gasteiger partial charge in [0.1, 0.15) is 17.0 Å². The molecule has 0 saturated heterocycles. The number of para-hydroxylation sites is 1. The van der Waals surface area contributed by atoms with Crippen molar-refractivity contribution >= 4 is 34.2 Å². The molecule has 9 nitrogen and oxygen atoms in total. The summed E-state index contributed by atoms with van der Waals surface area (Å²) in [4.78, 5) is 49.1. The fraction of sp³-hybridized carbons (Fsp3) is 0.148. The van der Waals surface area contributed by atoms with E-state index in [1.165, 1.54) is 18.2 Å². The van der Waals surface area contributed by atoms with Crippen LogP contribution in [0.15, 0.2) is 69.9 Å². The first-order valence-corrected chi connectivity index (χ1v) is 11.0. The highest BCUT2D eigenvalue weighted by Gasteiger charge is 2.22. The highest BCUT2D eigenvalue weighted by atomic mass is 16.6. The van der Waals surface area contributed by atoms with Crippen LogP contribution in [0.2, 0.25) is 0 Å². The Morgan fingerprint density at radius 3 is 2.39 bits per heavy atom. The summed E-state index contributed by atoms with van der Waals surface area (Å²) in [5.41, 5.74) is 1.87. The summed E-state index contributed by atoms with van der Waals surface area (Å²) >= 11 is 0. The van der Waals surface area contributed by atoms with Crippen LogP contribution in [-0.4, -0.2) is 23.4 Å². The van der Waals surface area contributed by atoms with Gasteiger partial charge in [0, 0.05) is 17.2 Å². The lowest BCUT2D eigenvalue weighted by molar-refractivity contribution is -0.384. The standard InChI is InChI=1S/C27H22N2O7/c1-15-12-13-21(29(33)34)23(16(15)2)28-22(30)14-35-27(32)20-11-7-10-19-24(31)17(3)25(36-26(19)20)18-8-5-4-6-9-18/h4-13H,14H2,1-3H3,(H,28,30). The van der Waals surface area contributed by atoms with Crippen molar-refractivity contribution in [2.75, 3.05) is 11.9 Å². The molecule has 4 rings (SSSR count). The molecule has 1 N–H and O–H groups in total. The first-order valence-electron chi connectivity index (χ1n) is 11.0. The lowest BCUT2D eigenvalue weighted by Gasteiger charge is -2.12. The Kier molecular flexibility index (Phi) is 6.64. The largest absolute Gasteiger partial charge is 0.455 e. The van der Waals surface area contributed by atoms with Gasteiger partial charge in [-0.2, -0.15) is 0 Å². The number of benzene rings is 3. The van der Waals surface area contributed by atoms with E-state index >= 15 is 0 Å². The van der Waals surface area contributed by atoms with Gasteiger partial charge in [-0.25, -0.2) is 4.79 Å². The van der Waals surface area contributed by atoms with Crippen molar-refractivity contribution in [1.29, 1.82) is 0 Å². The number of anilines is 1. The number of nitrogens with zero attached hydrogens (tertiary/aromatic N) is 1. The minimum Gasteiger partial charge on any atom is -0.455 e. The number of rotatable bonds is 6. The number of carbonyl (C=O) groups is 2. The van der Waals surface area contributed by atoms with Gasteiger partial charge in [-0.3, -0.25) is 19.7 Å². The highest BCUT2D eigenvalue weighted by Crippen LogP contribution is 2.30. The Balaban J connectivity index is 1.61. The molecule has 0 aliphatic carbocycles. The molecule has 182 valence electrons. The number of nitro groups is 1. The number of nitro benzene ring substituents is 1. The van der Waals surface area contributed by atoms with E-state index in [0.29, 0.717) is 22.5 Å². The molecule has 0 radical (unpaired) electrons. The summed E-state index contributed by atoms with van der Waals surface area (Å²) in [5, 5.41) is 14.0. The second kappa shape index (κ2) is 9.83. The van der Waals surface area contributed by atoms with Crippen molar-refractivity contribution in [2.24, 2.45) is 0 Å². The Labute approximate surface area is 205 Å². The van der Waals surface area contributed by atoms with Gasteiger partial charge in [0.05, 0.1) is 10.3 Å². The van der Waals surface area contributed by atoms with E-state index in [2.05, 4.69) is 5.32 Å². The molecule has 36 heavy (non-hydrogen) atoms. The van der Waals surface area contributed by atoms with Crippen LogP contribution in [0, 0.1) is 30.9 Å². The molecule has 1 heterocycles. The van der Waals surface area contributed by atoms with E-state index in [1.807, 2.05) is 6.07 Å². The lowest BCUT2D eigenvalue weighted by atomic mass is 10.0. The maximum atomic E-state index is 13.0. The highest BCUT2D eigenvalue weighted by molar-refractivity contribution is 6.03. The second-order valence-electron chi connectivity index (χ2n) is 8.22. The molecule has 1 amide bonds. The van der Waals surface area contributed by atoms with Crippen molar-refractivity contribution in [3.05, 3.63) is 103 Å². The quantitative estimate of drug-likeness (QED) is 0.228. The van der Waals surface area contributed by atoms with Gasteiger partial charge in [-0.15, -0.1) is 0 Å². The van der Waals surface area contributed by atoms with Gasteiger partial charge in [0.25, 0.3) is 11.6 Å². The van der Waals surface area contributed by atoms with Crippen molar-refractivity contribution < 1.29 is 23.7 Å². The average molecular weight is 486 g/mol. The van der Waals surface area contributed by atoms with Gasteiger partial charge in [0.15, 0.2) is 17.6 Å². The number of amides is 1. The van der Waals surface area contributed by atoms with Crippen LogP contribution in [0.25, 0.3) is 22.3 Å². The van der Waals surface area contributed by atoms with Gasteiger partial charge in [-0.1, -0.05) is 42.5 Å². The first-order chi connectivity index (χ1) is 17.2. The van der Waals surface area contributed by atoms with E-state index in [9.17, 15) is 24.5 Å². The normalized spacial score (nSPS) is 10.8. The first kappa shape index (κ1) is 24.3. The van der Waals surface area contributed by atoms with Crippen molar-refractivity contribution in [1.82, 2.24) is 0 Å². The van der Waals surface area contributed by atoms with Gasteiger partial charge in [0.2, 0.25) is 0 Å². The number of hydrogen-bond acceptors (Lipinski definition) is 7. The summed E-state index contributed by atoms with van der Waals surface area (Å²) in [6.45, 7) is 4.36. The Morgan fingerprint density at radius 2 is 1.69 bits per heavy atom. The lowest BCUT2D eigenvalue weighted by Crippen LogP contribution is -2.22. The number of carbonyl (C=O) groups excluding carboxylic acids is 2. The molecule has 1 aromatic heterocycles. The van der Waals surface area contributed by atoms with Crippen LogP contribution >= 0.6 is 0 Å². The Morgan fingerprint density at radius 1 is 0.972 bits per heavy atom. The molecule has 4 aromatic rings. The number of nitrogens with one attached hydrogen (secondary N) is 1. The predicted octanol–water partition coefficient (Wildman–Crippen LogP) is 5.09. The predicted molar refractivity (Wildman–Crippen MR) is 134 cm³/mol. The van der Waals surface area contributed by atoms with Crippen LogP contribution in [0.3, 0.4) is 0 Å². The molecule has 3 aromatic carbocycles. The number of fused-ring (bicyclic) bond motifs is 1. The van der Waals surface area contributed by atoms with E-state index < -0.39 is 23.4 Å². The SMILES string of the molecule is Cc1ccc([N+](=O)[O-])c(NC(=O)COC(=O)c2cccc3c(=O)c(C)c(-c4ccccc4)oc23)c1C. The summed E-state index contributed by atoms with van der Waals surface area (Å²) in [7, 11) is 0. The molecular formula is C27H22N2O7. The Bertz CT molecular complexity index is 1570. The fourth-order valence-electron chi connectivity index (χ4n) is 3.83. The van der Waals surface area contributed by atoms with Crippen LogP contribution < -0.4 is 10.7 Å². The average Bonchev–Trinajstić information content (AvgIpc) is 2.87. The molecule has 0 aliphatic rings. The number of aryl methyl sites for hydroxylation is 1. The third kappa shape index (κ3) is 4.58. The van der Waals surface area contributed by atoms with E-state index in [0.717, 1.165) is 5.56 Å². The van der Waals surface area contributed by atoms with Crippen molar-refractivity contribution in [3.8, 4) is 11.3 Å². The van der Waals surface area contributed by atoms with Crippen LogP contribution in [0.5, 0.6) is 0 Å². The van der Waals surface area contributed by atoms with Gasteiger partial charge < -0.3 is 14.5 Å². The summed E-state index contributed by atoms with van der Waals surface area (Å²) in [6.07, 6.45) is 0. The molecule has 0 saturated carbocycles. The van der Waals surface area contributed by atoms with Gasteiger partial charge >= 0.3 is 5.97 Å². The summed E-state index contributed by atoms with van der Waals surface area (Å²) in [5.74, 6) is -1.30. The molecule has 0 aliphatic heterocycles. The fourth-order valence-corrected chi connectivity index (χ4v) is 3.83. The molecule has 9 heteroatoms. The minimum atomic E-state index is -0.878. The number of hydrogen-bond donors (Lipinski definition) is 1. The third-order valence-corrected chi connectivity index (χ3v) is 5.91. The number of ether oxygens (including phenoxy) is 1. The van der Waals surface area contributed by atoms with Gasteiger partial charge in [-0.05, 0) is 44.0 Å². The zero-order valence-electron chi connectivity index (χ0n) is 19.8. The molecule has 0 bridgehead atoms. The molecular weight excluding hydrogens is 464 g/mol. The molecule has 0 spiro atoms. The molecule has 0 fully saturated rings. The maximum absolute atomic E-state index is 13.0. The smallest absolute Gasteiger partial charge is 0.342 e. The summed E-state index contributed by atoms with van der Waals surface area (Å²) in [6, 6.07) is 16.4. The van der Waals surface area contributed by atoms with Crippen LogP contribution in [0.4, 0.5) is 11.4 Å². The van der Waals surface area contributed by atoms with Crippen molar-refractivity contribution in [3.63, 3.8) is 0 Å². The topological polar surface area (TPSA) is 129 Å². The molecule has 0 unspecified atom stereocenters.